The van der Waals surface area contributed by atoms with Gasteiger partial charge in [-0.05, 0) is 49.8 Å². The van der Waals surface area contributed by atoms with Crippen molar-refractivity contribution >= 4 is 15.9 Å². The maximum absolute atomic E-state index is 12.2. The van der Waals surface area contributed by atoms with Crippen LogP contribution >= 0.6 is 0 Å². The summed E-state index contributed by atoms with van der Waals surface area (Å²) in [5.41, 5.74) is 1.10. The second-order valence-electron chi connectivity index (χ2n) is 6.34. The monoisotopic (exact) mass is 337 g/mol. The number of pyridine rings is 1. The Hall–Kier alpha value is -1.47. The molecule has 1 aliphatic heterocycles. The second kappa shape index (κ2) is 6.97. The van der Waals surface area contributed by atoms with Crippen LogP contribution < -0.4 is 5.32 Å². The number of carbonyl (C=O) groups excluding carboxylic acids is 1. The average Bonchev–Trinajstić information content (AvgIpc) is 3.40. The summed E-state index contributed by atoms with van der Waals surface area (Å²) in [6, 6.07) is 3.91. The van der Waals surface area contributed by atoms with Crippen LogP contribution in [0.4, 0.5) is 0 Å². The Kier molecular flexibility index (Phi) is 4.96. The fraction of sp³-hybridized carbons (Fsp3) is 0.625. The van der Waals surface area contributed by atoms with Gasteiger partial charge >= 0.3 is 0 Å². The molecule has 2 aliphatic rings. The summed E-state index contributed by atoms with van der Waals surface area (Å²) < 4.78 is 25.9. The van der Waals surface area contributed by atoms with Gasteiger partial charge in [0.25, 0.3) is 0 Å². The number of hydrogen-bond acceptors (Lipinski definition) is 4. The van der Waals surface area contributed by atoms with Crippen LogP contribution in [0.2, 0.25) is 0 Å². The van der Waals surface area contributed by atoms with E-state index < -0.39 is 10.0 Å². The molecule has 7 heteroatoms. The number of nitrogens with one attached hydrogen (secondary N) is 1. The number of sulfonamides is 1. The van der Waals surface area contributed by atoms with Crippen molar-refractivity contribution in [3.05, 3.63) is 30.1 Å². The van der Waals surface area contributed by atoms with Gasteiger partial charge in [-0.2, -0.15) is 0 Å². The molecule has 0 aromatic carbocycles. The molecule has 1 saturated heterocycles. The molecule has 6 nitrogen and oxygen atoms in total. The fourth-order valence-corrected chi connectivity index (χ4v) is 4.81. The molecule has 0 radical (unpaired) electrons. The molecule has 2 fully saturated rings. The first-order valence-corrected chi connectivity index (χ1v) is 9.73. The lowest BCUT2D eigenvalue weighted by Gasteiger charge is -2.31. The molecular weight excluding hydrogens is 314 g/mol. The first-order valence-electron chi connectivity index (χ1n) is 8.23. The van der Waals surface area contributed by atoms with Crippen molar-refractivity contribution in [1.29, 1.82) is 0 Å². The van der Waals surface area contributed by atoms with E-state index in [1.165, 1.54) is 0 Å². The zero-order chi connectivity index (χ0) is 16.3. The molecule has 1 N–H and O–H groups in total. The number of rotatable bonds is 6. The van der Waals surface area contributed by atoms with Crippen LogP contribution in [0.25, 0.3) is 0 Å². The minimum absolute atomic E-state index is 0.0327. The summed E-state index contributed by atoms with van der Waals surface area (Å²) in [5.74, 6) is 0.0327. The van der Waals surface area contributed by atoms with Crippen molar-refractivity contribution in [2.45, 2.75) is 49.8 Å². The summed E-state index contributed by atoms with van der Waals surface area (Å²) in [6.07, 6.45) is 7.60. The third-order valence-electron chi connectivity index (χ3n) is 4.51. The summed E-state index contributed by atoms with van der Waals surface area (Å²) >= 11 is 0. The Morgan fingerprint density at radius 1 is 1.17 bits per heavy atom. The van der Waals surface area contributed by atoms with Crippen molar-refractivity contribution in [1.82, 2.24) is 14.6 Å². The summed E-state index contributed by atoms with van der Waals surface area (Å²) in [4.78, 5) is 16.0. The van der Waals surface area contributed by atoms with Crippen LogP contribution in [0, 0.1) is 0 Å². The molecule has 126 valence electrons. The van der Waals surface area contributed by atoms with Crippen molar-refractivity contribution < 1.29 is 13.2 Å². The maximum atomic E-state index is 12.2. The second-order valence-corrected chi connectivity index (χ2v) is 8.55. The minimum atomic E-state index is -3.07. The van der Waals surface area contributed by atoms with Gasteiger partial charge < -0.3 is 5.32 Å². The third kappa shape index (κ3) is 4.29. The number of carbonyl (C=O) groups is 1. The number of hydrogen-bond donors (Lipinski definition) is 1. The predicted octanol–water partition coefficient (Wildman–Crippen LogP) is 1.09. The Morgan fingerprint density at radius 2 is 1.83 bits per heavy atom. The van der Waals surface area contributed by atoms with E-state index in [0.29, 0.717) is 38.8 Å². The number of aromatic nitrogens is 1. The Labute approximate surface area is 137 Å². The Balaban J connectivity index is 1.41. The average molecular weight is 337 g/mol. The first kappa shape index (κ1) is 16.4. The minimum Gasteiger partial charge on any atom is -0.353 e. The zero-order valence-corrected chi connectivity index (χ0v) is 14.0. The third-order valence-corrected chi connectivity index (χ3v) is 6.91. The van der Waals surface area contributed by atoms with Crippen LogP contribution in [0.1, 0.15) is 37.7 Å². The van der Waals surface area contributed by atoms with Crippen LogP contribution in [0.3, 0.4) is 0 Å². The first-order chi connectivity index (χ1) is 11.1. The van der Waals surface area contributed by atoms with Crippen molar-refractivity contribution in [3.63, 3.8) is 0 Å². The van der Waals surface area contributed by atoms with Gasteiger partial charge in [0, 0.05) is 37.9 Å². The van der Waals surface area contributed by atoms with E-state index in [9.17, 15) is 13.2 Å². The number of piperidine rings is 1. The van der Waals surface area contributed by atoms with Gasteiger partial charge in [0.05, 0.1) is 5.25 Å². The van der Waals surface area contributed by atoms with E-state index in [-0.39, 0.29) is 17.2 Å². The van der Waals surface area contributed by atoms with Crippen molar-refractivity contribution in [2.75, 3.05) is 13.1 Å². The highest BCUT2D eigenvalue weighted by Gasteiger charge is 2.41. The van der Waals surface area contributed by atoms with Gasteiger partial charge in [-0.25, -0.2) is 12.7 Å². The topological polar surface area (TPSA) is 79.4 Å². The highest BCUT2D eigenvalue weighted by molar-refractivity contribution is 7.90. The van der Waals surface area contributed by atoms with E-state index >= 15 is 0 Å². The fourth-order valence-electron chi connectivity index (χ4n) is 2.94. The normalized spacial score (nSPS) is 20.3. The molecule has 1 amide bonds. The van der Waals surface area contributed by atoms with Gasteiger partial charge in [0.1, 0.15) is 0 Å². The molecule has 2 heterocycles. The molecule has 1 aromatic rings. The van der Waals surface area contributed by atoms with Crippen LogP contribution in [0.15, 0.2) is 24.5 Å². The van der Waals surface area contributed by atoms with Crippen LogP contribution in [-0.2, 0) is 21.2 Å². The quantitative estimate of drug-likeness (QED) is 0.843. The Bertz CT molecular complexity index is 636. The standard InChI is InChI=1S/C16H23N3O3S/c20-16(4-1-13-5-9-17-10-6-13)18-14-7-11-19(12-8-14)23(21,22)15-2-3-15/h5-6,9-10,14-15H,1-4,7-8,11-12H2,(H,18,20). The molecule has 0 spiro atoms. The lowest BCUT2D eigenvalue weighted by Crippen LogP contribution is -2.47. The molecule has 1 saturated carbocycles. The molecule has 1 aromatic heterocycles. The number of aryl methyl sites for hydroxylation is 1. The van der Waals surface area contributed by atoms with E-state index in [4.69, 9.17) is 0 Å². The summed E-state index contributed by atoms with van der Waals surface area (Å²) in [5, 5.41) is 2.89. The lowest BCUT2D eigenvalue weighted by atomic mass is 10.1. The maximum Gasteiger partial charge on any atom is 0.220 e. The highest BCUT2D eigenvalue weighted by Crippen LogP contribution is 2.32. The molecule has 3 rings (SSSR count). The molecular formula is C16H23N3O3S. The SMILES string of the molecule is O=C(CCc1ccncc1)NC1CCN(S(=O)(=O)C2CC2)CC1. The molecule has 0 bridgehead atoms. The van der Waals surface area contributed by atoms with Crippen LogP contribution in [-0.4, -0.2) is 48.0 Å². The molecule has 1 aliphatic carbocycles. The van der Waals surface area contributed by atoms with Gasteiger partial charge in [-0.1, -0.05) is 0 Å². The van der Waals surface area contributed by atoms with E-state index in [0.717, 1.165) is 18.4 Å². The predicted molar refractivity (Wildman–Crippen MR) is 87.2 cm³/mol. The van der Waals surface area contributed by atoms with Gasteiger partial charge in [0.2, 0.25) is 15.9 Å². The number of nitrogens with zero attached hydrogens (tertiary/aromatic N) is 2. The van der Waals surface area contributed by atoms with E-state index in [1.807, 2.05) is 12.1 Å². The molecule has 23 heavy (non-hydrogen) atoms. The smallest absolute Gasteiger partial charge is 0.220 e. The largest absolute Gasteiger partial charge is 0.353 e. The van der Waals surface area contributed by atoms with Crippen LogP contribution in [0.5, 0.6) is 0 Å². The molecule has 0 unspecified atom stereocenters. The summed E-state index contributed by atoms with van der Waals surface area (Å²) in [7, 11) is -3.07. The van der Waals surface area contributed by atoms with E-state index in [2.05, 4.69) is 10.3 Å². The van der Waals surface area contributed by atoms with Crippen molar-refractivity contribution in [3.8, 4) is 0 Å². The van der Waals surface area contributed by atoms with Crippen molar-refractivity contribution in [2.24, 2.45) is 0 Å². The van der Waals surface area contributed by atoms with Gasteiger partial charge in [-0.3, -0.25) is 9.78 Å². The highest BCUT2D eigenvalue weighted by atomic mass is 32.2. The lowest BCUT2D eigenvalue weighted by molar-refractivity contribution is -0.122. The number of amides is 1. The summed E-state index contributed by atoms with van der Waals surface area (Å²) in [6.45, 7) is 1.04. The van der Waals surface area contributed by atoms with Gasteiger partial charge in [0.15, 0.2) is 0 Å². The van der Waals surface area contributed by atoms with Gasteiger partial charge in [-0.15, -0.1) is 0 Å². The van der Waals surface area contributed by atoms with E-state index in [1.54, 1.807) is 16.7 Å². The zero-order valence-electron chi connectivity index (χ0n) is 13.1. The molecule has 0 atom stereocenters. The Morgan fingerprint density at radius 3 is 2.43 bits per heavy atom.